The van der Waals surface area contributed by atoms with Gasteiger partial charge in [-0.15, -0.1) is 0 Å². The van der Waals surface area contributed by atoms with Crippen LogP contribution in [0.4, 0.5) is 5.69 Å². The third-order valence-electron chi connectivity index (χ3n) is 3.46. The van der Waals surface area contributed by atoms with Crippen LogP contribution >= 0.6 is 0 Å². The van der Waals surface area contributed by atoms with E-state index < -0.39 is 6.10 Å². The van der Waals surface area contributed by atoms with Crippen molar-refractivity contribution in [1.82, 2.24) is 9.78 Å². The summed E-state index contributed by atoms with van der Waals surface area (Å²) in [6, 6.07) is 0. The van der Waals surface area contributed by atoms with Crippen LogP contribution in [0.3, 0.4) is 0 Å². The molecular weight excluding hydrogens is 234 g/mol. The number of aryl methyl sites for hydroxylation is 1. The second kappa shape index (κ2) is 4.68. The molecule has 1 unspecified atom stereocenters. The molecule has 0 saturated heterocycles. The highest BCUT2D eigenvalue weighted by Gasteiger charge is 2.34. The van der Waals surface area contributed by atoms with Crippen molar-refractivity contribution in [2.24, 2.45) is 13.0 Å². The molecule has 0 radical (unpaired) electrons. The van der Waals surface area contributed by atoms with E-state index in [4.69, 9.17) is 0 Å². The molecule has 2 rings (SSSR count). The Morgan fingerprint density at radius 1 is 1.56 bits per heavy atom. The van der Waals surface area contributed by atoms with E-state index >= 15 is 0 Å². The number of aliphatic hydroxyl groups excluding tert-OH is 1. The first-order valence-corrected chi connectivity index (χ1v) is 6.30. The molecule has 0 aliphatic heterocycles. The van der Waals surface area contributed by atoms with Gasteiger partial charge in [0.15, 0.2) is 0 Å². The van der Waals surface area contributed by atoms with Crippen LogP contribution in [0.1, 0.15) is 44.0 Å². The number of aliphatic hydroxyl groups is 1. The molecule has 6 heteroatoms. The van der Waals surface area contributed by atoms with Crippen LogP contribution in [0.5, 0.6) is 0 Å². The van der Waals surface area contributed by atoms with Crippen LogP contribution in [0.15, 0.2) is 0 Å². The summed E-state index contributed by atoms with van der Waals surface area (Å²) in [5.74, 6) is 0.311. The molecule has 0 aromatic carbocycles. The first kappa shape index (κ1) is 13.0. The van der Waals surface area contributed by atoms with Gasteiger partial charge in [-0.25, -0.2) is 0 Å². The smallest absolute Gasteiger partial charge is 0.313 e. The average molecular weight is 253 g/mol. The molecular formula is C12H19N3O3. The van der Waals surface area contributed by atoms with Gasteiger partial charge in [0.05, 0.1) is 11.0 Å². The van der Waals surface area contributed by atoms with E-state index in [0.717, 1.165) is 12.8 Å². The molecule has 1 aromatic heterocycles. The maximum absolute atomic E-state index is 11.2. The Morgan fingerprint density at radius 2 is 2.17 bits per heavy atom. The first-order valence-electron chi connectivity index (χ1n) is 6.30. The number of nitrogens with zero attached hydrogens (tertiary/aromatic N) is 3. The fraction of sp³-hybridized carbons (Fsp3) is 0.750. The molecule has 1 heterocycles. The molecule has 0 spiro atoms. The van der Waals surface area contributed by atoms with Gasteiger partial charge in [-0.3, -0.25) is 14.8 Å². The van der Waals surface area contributed by atoms with Gasteiger partial charge >= 0.3 is 5.69 Å². The van der Waals surface area contributed by atoms with Gasteiger partial charge in [-0.05, 0) is 18.8 Å². The monoisotopic (exact) mass is 253 g/mol. The van der Waals surface area contributed by atoms with Gasteiger partial charge in [-0.2, -0.15) is 5.10 Å². The van der Waals surface area contributed by atoms with E-state index in [2.05, 4.69) is 5.10 Å². The molecule has 1 N–H and O–H groups in total. The van der Waals surface area contributed by atoms with Gasteiger partial charge in [0, 0.05) is 19.4 Å². The predicted molar refractivity (Wildman–Crippen MR) is 66.4 cm³/mol. The fourth-order valence-electron chi connectivity index (χ4n) is 2.23. The molecule has 0 bridgehead atoms. The topological polar surface area (TPSA) is 81.2 Å². The molecule has 0 amide bonds. The van der Waals surface area contributed by atoms with Crippen LogP contribution in [-0.2, 0) is 13.5 Å². The van der Waals surface area contributed by atoms with E-state index in [0.29, 0.717) is 23.7 Å². The van der Waals surface area contributed by atoms with Crippen molar-refractivity contribution in [3.63, 3.8) is 0 Å². The van der Waals surface area contributed by atoms with Gasteiger partial charge in [-0.1, -0.05) is 13.8 Å². The lowest BCUT2D eigenvalue weighted by Gasteiger charge is -2.08. The lowest BCUT2D eigenvalue weighted by Crippen LogP contribution is -2.16. The number of hydrogen-bond acceptors (Lipinski definition) is 4. The predicted octanol–water partition coefficient (Wildman–Crippen LogP) is 1.77. The van der Waals surface area contributed by atoms with E-state index in [1.54, 1.807) is 11.7 Å². The van der Waals surface area contributed by atoms with Gasteiger partial charge in [0.1, 0.15) is 11.4 Å². The molecule has 100 valence electrons. The maximum Gasteiger partial charge on any atom is 0.313 e. The van der Waals surface area contributed by atoms with Gasteiger partial charge in [0.2, 0.25) is 0 Å². The van der Waals surface area contributed by atoms with E-state index in [9.17, 15) is 15.2 Å². The molecule has 1 atom stereocenters. The molecule has 6 nitrogen and oxygen atoms in total. The number of aromatic nitrogens is 2. The summed E-state index contributed by atoms with van der Waals surface area (Å²) in [4.78, 5) is 10.8. The summed E-state index contributed by atoms with van der Waals surface area (Å²) >= 11 is 0. The van der Waals surface area contributed by atoms with E-state index in [-0.39, 0.29) is 16.5 Å². The summed E-state index contributed by atoms with van der Waals surface area (Å²) in [7, 11) is 1.70. The lowest BCUT2D eigenvalue weighted by atomic mass is 10.0. The quantitative estimate of drug-likeness (QED) is 0.640. The van der Waals surface area contributed by atoms with Crippen LogP contribution in [0.2, 0.25) is 0 Å². The summed E-state index contributed by atoms with van der Waals surface area (Å²) in [5.41, 5.74) is 1.11. The normalized spacial score (nSPS) is 17.2. The molecule has 1 saturated carbocycles. The Kier molecular flexibility index (Phi) is 3.38. The van der Waals surface area contributed by atoms with Crippen molar-refractivity contribution < 1.29 is 10.0 Å². The minimum atomic E-state index is -0.487. The van der Waals surface area contributed by atoms with Crippen molar-refractivity contribution in [2.45, 2.75) is 45.1 Å². The third kappa shape index (κ3) is 2.38. The second-order valence-electron chi connectivity index (χ2n) is 5.32. The number of nitro groups is 1. The van der Waals surface area contributed by atoms with Crippen molar-refractivity contribution in [3.05, 3.63) is 21.5 Å². The zero-order valence-corrected chi connectivity index (χ0v) is 11.0. The Balaban J connectivity index is 2.34. The van der Waals surface area contributed by atoms with Crippen molar-refractivity contribution in [3.8, 4) is 0 Å². The Morgan fingerprint density at radius 3 is 2.61 bits per heavy atom. The van der Waals surface area contributed by atoms with E-state index in [1.807, 2.05) is 13.8 Å². The zero-order chi connectivity index (χ0) is 13.4. The van der Waals surface area contributed by atoms with E-state index in [1.165, 1.54) is 0 Å². The summed E-state index contributed by atoms with van der Waals surface area (Å²) in [5, 5.41) is 25.4. The highest BCUT2D eigenvalue weighted by Crippen LogP contribution is 2.36. The maximum atomic E-state index is 11.2. The summed E-state index contributed by atoms with van der Waals surface area (Å²) in [6.45, 7) is 3.77. The zero-order valence-electron chi connectivity index (χ0n) is 11.0. The molecule has 1 fully saturated rings. The van der Waals surface area contributed by atoms with Crippen molar-refractivity contribution >= 4 is 5.69 Å². The summed E-state index contributed by atoms with van der Waals surface area (Å²) in [6.07, 6.45) is 1.87. The molecule has 18 heavy (non-hydrogen) atoms. The highest BCUT2D eigenvalue weighted by molar-refractivity contribution is 5.43. The third-order valence-corrected chi connectivity index (χ3v) is 3.46. The largest absolute Gasteiger partial charge is 0.392 e. The van der Waals surface area contributed by atoms with Gasteiger partial charge in [0.25, 0.3) is 0 Å². The molecule has 1 aromatic rings. The minimum Gasteiger partial charge on any atom is -0.392 e. The SMILES string of the molecule is CC(C)c1nn(C)c(CC(O)C2CC2)c1[N+](=O)[O-]. The molecule has 1 aliphatic rings. The van der Waals surface area contributed by atoms with Crippen LogP contribution in [0.25, 0.3) is 0 Å². The highest BCUT2D eigenvalue weighted by atomic mass is 16.6. The molecule has 1 aliphatic carbocycles. The van der Waals surface area contributed by atoms with Crippen LogP contribution in [0, 0.1) is 16.0 Å². The lowest BCUT2D eigenvalue weighted by molar-refractivity contribution is -0.386. The Bertz CT molecular complexity index is 463. The van der Waals surface area contributed by atoms with Crippen molar-refractivity contribution in [2.75, 3.05) is 0 Å². The summed E-state index contributed by atoms with van der Waals surface area (Å²) < 4.78 is 1.54. The Hall–Kier alpha value is -1.43. The average Bonchev–Trinajstić information content (AvgIpc) is 3.05. The van der Waals surface area contributed by atoms with Crippen LogP contribution < -0.4 is 0 Å². The second-order valence-corrected chi connectivity index (χ2v) is 5.32. The first-order chi connectivity index (χ1) is 8.41. The fourth-order valence-corrected chi connectivity index (χ4v) is 2.23. The number of hydrogen-bond donors (Lipinski definition) is 1. The number of rotatable bonds is 5. The van der Waals surface area contributed by atoms with Gasteiger partial charge < -0.3 is 5.11 Å². The Labute approximate surface area is 106 Å². The van der Waals surface area contributed by atoms with Crippen molar-refractivity contribution in [1.29, 1.82) is 0 Å². The van der Waals surface area contributed by atoms with Crippen LogP contribution in [-0.4, -0.2) is 25.9 Å². The standard InChI is InChI=1S/C12H19N3O3/c1-7(2)11-12(15(17)18)9(14(3)13-11)6-10(16)8-4-5-8/h7-8,10,16H,4-6H2,1-3H3. The minimum absolute atomic E-state index is 0.00316.